The van der Waals surface area contributed by atoms with Crippen LogP contribution in [0.5, 0.6) is 0 Å². The summed E-state index contributed by atoms with van der Waals surface area (Å²) in [4.78, 5) is 14.9. The summed E-state index contributed by atoms with van der Waals surface area (Å²) in [6, 6.07) is 10.6. The topological polar surface area (TPSA) is 50.2 Å². The number of hydrogen-bond donors (Lipinski definition) is 1. The number of likely N-dealkylation sites (N-methyl/N-ethyl adjacent to an activating group) is 1. The molecule has 1 saturated heterocycles. The van der Waals surface area contributed by atoms with Crippen molar-refractivity contribution in [1.29, 1.82) is 0 Å². The van der Waals surface area contributed by atoms with E-state index in [9.17, 15) is 4.79 Å². The Hall–Kier alpha value is -2.14. The predicted molar refractivity (Wildman–Crippen MR) is 95.1 cm³/mol. The summed E-state index contributed by atoms with van der Waals surface area (Å²) in [6.07, 6.45) is 4.73. The molecule has 1 N–H and O–H groups in total. The number of amides is 1. The van der Waals surface area contributed by atoms with Crippen molar-refractivity contribution in [1.82, 2.24) is 20.0 Å². The van der Waals surface area contributed by atoms with E-state index in [2.05, 4.69) is 29.5 Å². The molecule has 0 saturated carbocycles. The van der Waals surface area contributed by atoms with Gasteiger partial charge in [-0.15, -0.1) is 0 Å². The number of likely N-dealkylation sites (tertiary alicyclic amines) is 1. The van der Waals surface area contributed by atoms with E-state index in [1.165, 1.54) is 5.56 Å². The van der Waals surface area contributed by atoms with Crippen molar-refractivity contribution in [2.75, 3.05) is 20.1 Å². The largest absolute Gasteiger partial charge is 0.337 e. The van der Waals surface area contributed by atoms with Crippen molar-refractivity contribution in [3.05, 3.63) is 53.3 Å². The van der Waals surface area contributed by atoms with Gasteiger partial charge in [-0.1, -0.05) is 37.3 Å². The van der Waals surface area contributed by atoms with Crippen LogP contribution < -0.4 is 5.32 Å². The average molecular weight is 326 g/mol. The molecule has 24 heavy (non-hydrogen) atoms. The summed E-state index contributed by atoms with van der Waals surface area (Å²) in [6.45, 7) is 4.41. The van der Waals surface area contributed by atoms with E-state index in [1.54, 1.807) is 6.20 Å². The maximum absolute atomic E-state index is 13.0. The monoisotopic (exact) mass is 326 g/mol. The van der Waals surface area contributed by atoms with Gasteiger partial charge in [0.15, 0.2) is 0 Å². The first-order chi connectivity index (χ1) is 11.7. The first kappa shape index (κ1) is 16.7. The van der Waals surface area contributed by atoms with E-state index in [0.29, 0.717) is 12.6 Å². The second-order valence-corrected chi connectivity index (χ2v) is 6.38. The van der Waals surface area contributed by atoms with Gasteiger partial charge in [-0.05, 0) is 31.9 Å². The number of nitrogens with one attached hydrogen (secondary N) is 1. The number of aromatic nitrogens is 2. The van der Waals surface area contributed by atoms with Crippen molar-refractivity contribution in [2.45, 2.75) is 38.8 Å². The van der Waals surface area contributed by atoms with Crippen molar-refractivity contribution in [2.24, 2.45) is 0 Å². The van der Waals surface area contributed by atoms with Gasteiger partial charge in [0.1, 0.15) is 0 Å². The lowest BCUT2D eigenvalue weighted by Crippen LogP contribution is -2.47. The number of carbonyl (C=O) groups is 1. The third-order valence-electron chi connectivity index (χ3n) is 4.81. The molecule has 1 aromatic carbocycles. The van der Waals surface area contributed by atoms with Crippen LogP contribution in [0.25, 0.3) is 0 Å². The van der Waals surface area contributed by atoms with Gasteiger partial charge in [-0.3, -0.25) is 9.48 Å². The fraction of sp³-hybridized carbons (Fsp3) is 0.474. The smallest absolute Gasteiger partial charge is 0.257 e. The number of benzene rings is 1. The maximum atomic E-state index is 13.0. The third kappa shape index (κ3) is 3.51. The molecule has 0 spiro atoms. The van der Waals surface area contributed by atoms with Gasteiger partial charge in [0, 0.05) is 19.1 Å². The molecule has 1 amide bonds. The number of piperidine rings is 1. The van der Waals surface area contributed by atoms with Crippen molar-refractivity contribution < 1.29 is 4.79 Å². The Balaban J connectivity index is 1.79. The van der Waals surface area contributed by atoms with Crippen LogP contribution in [0.2, 0.25) is 0 Å². The summed E-state index contributed by atoms with van der Waals surface area (Å²) in [7, 11) is 1.97. The number of hydrogen-bond acceptors (Lipinski definition) is 3. The third-order valence-corrected chi connectivity index (χ3v) is 4.81. The van der Waals surface area contributed by atoms with Gasteiger partial charge in [-0.25, -0.2) is 0 Å². The summed E-state index contributed by atoms with van der Waals surface area (Å²) >= 11 is 0. The van der Waals surface area contributed by atoms with Gasteiger partial charge in [-0.2, -0.15) is 5.10 Å². The van der Waals surface area contributed by atoms with E-state index in [1.807, 2.05) is 34.8 Å². The van der Waals surface area contributed by atoms with Gasteiger partial charge in [0.05, 0.1) is 24.0 Å². The van der Waals surface area contributed by atoms with Crippen LogP contribution in [0.15, 0.2) is 36.5 Å². The van der Waals surface area contributed by atoms with E-state index >= 15 is 0 Å². The minimum Gasteiger partial charge on any atom is -0.337 e. The van der Waals surface area contributed by atoms with Crippen LogP contribution in [0.1, 0.15) is 41.4 Å². The van der Waals surface area contributed by atoms with E-state index in [4.69, 9.17) is 0 Å². The second kappa shape index (κ2) is 7.62. The Morgan fingerprint density at radius 1 is 1.33 bits per heavy atom. The van der Waals surface area contributed by atoms with Crippen molar-refractivity contribution in [3.8, 4) is 0 Å². The molecule has 0 unspecified atom stereocenters. The van der Waals surface area contributed by atoms with Crippen LogP contribution in [0.4, 0.5) is 0 Å². The van der Waals surface area contributed by atoms with Crippen LogP contribution >= 0.6 is 0 Å². The Morgan fingerprint density at radius 3 is 2.83 bits per heavy atom. The SMILES string of the molecule is CCc1c(C(=O)N2CCC[C@H](NC)C2)cnn1Cc1ccccc1. The number of rotatable bonds is 5. The molecule has 2 aromatic rings. The zero-order chi connectivity index (χ0) is 16.9. The van der Waals surface area contributed by atoms with Gasteiger partial charge < -0.3 is 10.2 Å². The van der Waals surface area contributed by atoms with Crippen LogP contribution in [0, 0.1) is 0 Å². The lowest BCUT2D eigenvalue weighted by Gasteiger charge is -2.32. The summed E-state index contributed by atoms with van der Waals surface area (Å²) in [5.74, 6) is 0.117. The fourth-order valence-corrected chi connectivity index (χ4v) is 3.42. The maximum Gasteiger partial charge on any atom is 0.257 e. The standard InChI is InChI=1S/C19H26N4O/c1-3-18-17(19(24)22-11-7-10-16(14-22)20-2)12-21-23(18)13-15-8-5-4-6-9-15/h4-6,8-9,12,16,20H,3,7,10-11,13-14H2,1-2H3/t16-/m0/s1. The van der Waals surface area contributed by atoms with Crippen LogP contribution in [-0.2, 0) is 13.0 Å². The van der Waals surface area contributed by atoms with Gasteiger partial charge in [0.25, 0.3) is 5.91 Å². The molecule has 5 nitrogen and oxygen atoms in total. The lowest BCUT2D eigenvalue weighted by molar-refractivity contribution is 0.0697. The minimum atomic E-state index is 0.117. The molecule has 5 heteroatoms. The van der Waals surface area contributed by atoms with E-state index in [0.717, 1.165) is 43.6 Å². The molecule has 1 aliphatic rings. The zero-order valence-corrected chi connectivity index (χ0v) is 14.5. The molecule has 0 bridgehead atoms. The highest BCUT2D eigenvalue weighted by atomic mass is 16.2. The Morgan fingerprint density at radius 2 is 2.12 bits per heavy atom. The quantitative estimate of drug-likeness (QED) is 0.917. The molecular weight excluding hydrogens is 300 g/mol. The molecule has 1 aromatic heterocycles. The van der Waals surface area contributed by atoms with E-state index in [-0.39, 0.29) is 5.91 Å². The number of nitrogens with zero attached hydrogens (tertiary/aromatic N) is 3. The van der Waals surface area contributed by atoms with Crippen molar-refractivity contribution >= 4 is 5.91 Å². The highest BCUT2D eigenvalue weighted by Crippen LogP contribution is 2.18. The van der Waals surface area contributed by atoms with Crippen molar-refractivity contribution in [3.63, 3.8) is 0 Å². The molecule has 0 radical (unpaired) electrons. The molecule has 0 aliphatic carbocycles. The molecule has 3 rings (SSSR count). The van der Waals surface area contributed by atoms with Crippen LogP contribution in [-0.4, -0.2) is 46.8 Å². The summed E-state index contributed by atoms with van der Waals surface area (Å²) in [5.41, 5.74) is 2.98. The Labute approximate surface area is 143 Å². The van der Waals surface area contributed by atoms with Gasteiger partial charge >= 0.3 is 0 Å². The minimum absolute atomic E-state index is 0.117. The van der Waals surface area contributed by atoms with Gasteiger partial charge in [0.2, 0.25) is 0 Å². The lowest BCUT2D eigenvalue weighted by atomic mass is 10.0. The zero-order valence-electron chi connectivity index (χ0n) is 14.5. The Kier molecular flexibility index (Phi) is 5.30. The summed E-state index contributed by atoms with van der Waals surface area (Å²) in [5, 5.41) is 7.78. The highest BCUT2D eigenvalue weighted by molar-refractivity contribution is 5.95. The van der Waals surface area contributed by atoms with E-state index < -0.39 is 0 Å². The highest BCUT2D eigenvalue weighted by Gasteiger charge is 2.26. The molecule has 2 heterocycles. The predicted octanol–water partition coefficient (Wildman–Crippen LogP) is 2.32. The average Bonchev–Trinajstić information content (AvgIpc) is 3.04. The van der Waals surface area contributed by atoms with Crippen LogP contribution in [0.3, 0.4) is 0 Å². The Bertz CT molecular complexity index is 680. The molecule has 1 aliphatic heterocycles. The molecule has 128 valence electrons. The second-order valence-electron chi connectivity index (χ2n) is 6.38. The normalized spacial score (nSPS) is 17.9. The number of carbonyl (C=O) groups excluding carboxylic acids is 1. The molecule has 1 fully saturated rings. The fourth-order valence-electron chi connectivity index (χ4n) is 3.42. The summed E-state index contributed by atoms with van der Waals surface area (Å²) < 4.78 is 1.96. The first-order valence-corrected chi connectivity index (χ1v) is 8.78. The first-order valence-electron chi connectivity index (χ1n) is 8.78. The molecule has 1 atom stereocenters. The molecular formula is C19H26N4O.